The second-order valence-electron chi connectivity index (χ2n) is 18.5. The predicted octanol–water partition coefficient (Wildman–Crippen LogP) is 12.0. The molecule has 13 heteroatoms. The minimum Gasteiger partial charge on any atom is -0.462 e. The van der Waals surface area contributed by atoms with Crippen molar-refractivity contribution in [1.82, 2.24) is 0 Å². The van der Waals surface area contributed by atoms with Gasteiger partial charge in [0.1, 0.15) is 36.8 Å². The van der Waals surface area contributed by atoms with Gasteiger partial charge in [-0.25, -0.2) is 0 Å². The lowest BCUT2D eigenvalue weighted by Gasteiger charge is -2.40. The Morgan fingerprint density at radius 3 is 1.35 bits per heavy atom. The predicted molar refractivity (Wildman–Crippen MR) is 261 cm³/mol. The van der Waals surface area contributed by atoms with Crippen LogP contribution >= 0.6 is 0 Å². The lowest BCUT2D eigenvalue weighted by Crippen LogP contribution is -2.60. The van der Waals surface area contributed by atoms with Gasteiger partial charge in [-0.2, -0.15) is 8.42 Å². The van der Waals surface area contributed by atoms with Gasteiger partial charge >= 0.3 is 11.9 Å². The molecule has 0 radical (unpaired) electrons. The lowest BCUT2D eigenvalue weighted by atomic mass is 10.00. The normalized spacial score (nSPS) is 19.6. The molecule has 0 aromatic carbocycles. The molecule has 0 saturated carbocycles. The Labute approximate surface area is 396 Å². The van der Waals surface area contributed by atoms with E-state index in [1.807, 2.05) is 0 Å². The zero-order valence-electron chi connectivity index (χ0n) is 41.1. The summed E-state index contributed by atoms with van der Waals surface area (Å²) in [6, 6.07) is 0. The molecule has 4 N–H and O–H groups in total. The van der Waals surface area contributed by atoms with E-state index in [-0.39, 0.29) is 19.4 Å². The zero-order chi connectivity index (χ0) is 47.6. The van der Waals surface area contributed by atoms with Crippen molar-refractivity contribution in [3.63, 3.8) is 0 Å². The molecule has 6 unspecified atom stereocenters. The van der Waals surface area contributed by atoms with Gasteiger partial charge < -0.3 is 34.3 Å². The number of allylic oxidation sites excluding steroid dienone is 4. The minimum absolute atomic E-state index is 0.165. The fraction of sp³-hybridized carbons (Fsp3) is 0.885. The van der Waals surface area contributed by atoms with Crippen LogP contribution < -0.4 is 0 Å². The second kappa shape index (κ2) is 42.2. The monoisotopic (exact) mass is 945 g/mol. The smallest absolute Gasteiger partial charge is 0.306 e. The van der Waals surface area contributed by atoms with Crippen molar-refractivity contribution in [3.8, 4) is 0 Å². The topological polar surface area (TPSA) is 186 Å². The zero-order valence-corrected chi connectivity index (χ0v) is 41.9. The largest absolute Gasteiger partial charge is 0.462 e. The summed E-state index contributed by atoms with van der Waals surface area (Å²) in [6.07, 6.45) is 39.3. The highest BCUT2D eigenvalue weighted by atomic mass is 32.2. The molecular formula is C52H96O12S. The number of carbonyl (C=O) groups is 2. The first-order chi connectivity index (χ1) is 31.5. The average molecular weight is 945 g/mol. The maximum absolute atomic E-state index is 12.9. The molecule has 0 aliphatic carbocycles. The maximum Gasteiger partial charge on any atom is 0.306 e. The van der Waals surface area contributed by atoms with Crippen LogP contribution in [-0.4, -0.2) is 96.0 Å². The van der Waals surface area contributed by atoms with Crippen molar-refractivity contribution < 1.29 is 56.8 Å². The number of carbonyl (C=O) groups excluding carboxylic acids is 2. The number of esters is 2. The van der Waals surface area contributed by atoms with Crippen molar-refractivity contribution in [2.45, 2.75) is 275 Å². The van der Waals surface area contributed by atoms with E-state index in [0.717, 1.165) is 44.9 Å². The summed E-state index contributed by atoms with van der Waals surface area (Å²) < 4.78 is 54.2. The molecule has 1 heterocycles. The van der Waals surface area contributed by atoms with Crippen LogP contribution in [0.3, 0.4) is 0 Å². The summed E-state index contributed by atoms with van der Waals surface area (Å²) in [5, 5.41) is 31.0. The van der Waals surface area contributed by atoms with Gasteiger partial charge in [-0.15, -0.1) is 0 Å². The number of aliphatic hydroxyl groups excluding tert-OH is 3. The van der Waals surface area contributed by atoms with Crippen LogP contribution in [0.1, 0.15) is 239 Å². The molecule has 1 rings (SSSR count). The number of hydrogen-bond donors (Lipinski definition) is 4. The third-order valence-electron chi connectivity index (χ3n) is 12.3. The van der Waals surface area contributed by atoms with Crippen LogP contribution in [0.2, 0.25) is 0 Å². The van der Waals surface area contributed by atoms with Crippen molar-refractivity contribution in [3.05, 3.63) is 24.3 Å². The molecule has 0 bridgehead atoms. The van der Waals surface area contributed by atoms with Crippen molar-refractivity contribution in [2.24, 2.45) is 0 Å². The lowest BCUT2D eigenvalue weighted by molar-refractivity contribution is -0.297. The number of hydrogen-bond acceptors (Lipinski definition) is 11. The van der Waals surface area contributed by atoms with Gasteiger partial charge in [0.15, 0.2) is 12.4 Å². The Morgan fingerprint density at radius 2 is 0.923 bits per heavy atom. The van der Waals surface area contributed by atoms with Gasteiger partial charge in [-0.3, -0.25) is 14.1 Å². The van der Waals surface area contributed by atoms with E-state index in [9.17, 15) is 37.9 Å². The third-order valence-corrected chi connectivity index (χ3v) is 13.0. The molecule has 12 nitrogen and oxygen atoms in total. The molecule has 1 aliphatic heterocycles. The Balaban J connectivity index is 2.34. The SMILES string of the molecule is CCCCCCC/C=C\C/C=C\CCCCCCCCCCCCCC(=O)OC(COC(=O)CCCCCCCCCCCCCCCC)COC1OC(CS(=O)(=O)O)C(O)C(O)C1O. The Kier molecular flexibility index (Phi) is 39.7. The average Bonchev–Trinajstić information content (AvgIpc) is 3.27. The highest BCUT2D eigenvalue weighted by Gasteiger charge is 2.46. The fourth-order valence-electron chi connectivity index (χ4n) is 8.18. The van der Waals surface area contributed by atoms with E-state index in [4.69, 9.17) is 18.9 Å². The Morgan fingerprint density at radius 1 is 0.523 bits per heavy atom. The van der Waals surface area contributed by atoms with Gasteiger partial charge in [-0.05, 0) is 44.9 Å². The minimum atomic E-state index is -4.60. The van der Waals surface area contributed by atoms with Crippen LogP contribution in [0.25, 0.3) is 0 Å². The number of ether oxygens (including phenoxy) is 4. The molecule has 1 saturated heterocycles. The van der Waals surface area contributed by atoms with E-state index in [0.29, 0.717) is 12.8 Å². The summed E-state index contributed by atoms with van der Waals surface area (Å²) >= 11 is 0. The Bertz CT molecular complexity index is 1290. The van der Waals surface area contributed by atoms with E-state index in [1.165, 1.54) is 154 Å². The molecule has 0 aromatic heterocycles. The number of unbranched alkanes of at least 4 members (excludes halogenated alkanes) is 29. The second-order valence-corrected chi connectivity index (χ2v) is 20.0. The van der Waals surface area contributed by atoms with Crippen molar-refractivity contribution in [2.75, 3.05) is 19.0 Å². The molecule has 0 amide bonds. The molecule has 0 aromatic rings. The first-order valence-corrected chi connectivity index (χ1v) is 28.0. The molecule has 65 heavy (non-hydrogen) atoms. The van der Waals surface area contributed by atoms with Crippen LogP contribution in [0.15, 0.2) is 24.3 Å². The number of rotatable bonds is 45. The van der Waals surface area contributed by atoms with Crippen molar-refractivity contribution in [1.29, 1.82) is 0 Å². The highest BCUT2D eigenvalue weighted by molar-refractivity contribution is 7.85. The molecule has 1 fully saturated rings. The van der Waals surface area contributed by atoms with E-state index < -0.39 is 71.2 Å². The van der Waals surface area contributed by atoms with Crippen LogP contribution in [0.5, 0.6) is 0 Å². The summed E-state index contributed by atoms with van der Waals surface area (Å²) in [4.78, 5) is 25.5. The van der Waals surface area contributed by atoms with Gasteiger partial charge in [0.05, 0.1) is 6.61 Å². The van der Waals surface area contributed by atoms with Crippen LogP contribution in [0, 0.1) is 0 Å². The van der Waals surface area contributed by atoms with Gasteiger partial charge in [-0.1, -0.05) is 205 Å². The standard InChI is InChI=1S/C52H96O12S/c1-3-5-7-9-11-13-15-17-19-20-21-22-23-24-25-26-27-29-31-33-35-37-39-41-48(54)63-45(43-62-52-51(57)50(56)49(55)46(64-52)44-65(58,59)60)42-61-47(53)40-38-36-34-32-30-28-18-16-14-12-10-8-6-4-2/h15,17,20-21,45-46,49-52,55-57H,3-14,16,18-19,22-44H2,1-2H3,(H,58,59,60)/b17-15-,21-20-. The Hall–Kier alpha value is -1.87. The summed E-state index contributed by atoms with van der Waals surface area (Å²) in [5.74, 6) is -1.97. The van der Waals surface area contributed by atoms with Gasteiger partial charge in [0.2, 0.25) is 0 Å². The molecule has 6 atom stereocenters. The van der Waals surface area contributed by atoms with E-state index in [2.05, 4.69) is 38.2 Å². The van der Waals surface area contributed by atoms with Gasteiger partial charge in [0, 0.05) is 12.8 Å². The number of aliphatic hydroxyl groups is 3. The summed E-state index contributed by atoms with van der Waals surface area (Å²) in [5.41, 5.74) is 0. The molecule has 382 valence electrons. The van der Waals surface area contributed by atoms with Crippen molar-refractivity contribution >= 4 is 22.1 Å². The maximum atomic E-state index is 12.9. The van der Waals surface area contributed by atoms with Gasteiger partial charge in [0.25, 0.3) is 10.1 Å². The third kappa shape index (κ3) is 36.8. The van der Waals surface area contributed by atoms with Crippen LogP contribution in [-0.2, 0) is 38.7 Å². The first kappa shape index (κ1) is 61.1. The summed E-state index contributed by atoms with van der Waals surface area (Å²) in [7, 11) is -4.60. The molecule has 0 spiro atoms. The molecular weight excluding hydrogens is 849 g/mol. The quantitative estimate of drug-likeness (QED) is 0.0196. The molecule has 1 aliphatic rings. The first-order valence-electron chi connectivity index (χ1n) is 26.4. The van der Waals surface area contributed by atoms with E-state index >= 15 is 0 Å². The fourth-order valence-corrected chi connectivity index (χ4v) is 8.87. The highest BCUT2D eigenvalue weighted by Crippen LogP contribution is 2.24. The van der Waals surface area contributed by atoms with Crippen LogP contribution in [0.4, 0.5) is 0 Å². The summed E-state index contributed by atoms with van der Waals surface area (Å²) in [6.45, 7) is 3.78. The van der Waals surface area contributed by atoms with E-state index in [1.54, 1.807) is 0 Å².